The molecule has 0 bridgehead atoms. The average molecular weight is 413 g/mol. The molecule has 0 saturated carbocycles. The molecule has 4 rings (SSSR count). The molecule has 3 heterocycles. The molecule has 0 unspecified atom stereocenters. The van der Waals surface area contributed by atoms with Gasteiger partial charge in [0.15, 0.2) is 0 Å². The Morgan fingerprint density at radius 1 is 1.11 bits per heavy atom. The second kappa shape index (κ2) is 8.11. The quantitative estimate of drug-likeness (QED) is 0.619. The van der Waals surface area contributed by atoms with Gasteiger partial charge < -0.3 is 21.3 Å². The molecule has 1 fully saturated rings. The third-order valence-corrected chi connectivity index (χ3v) is 6.19. The molecular formula is C18H20N8S2. The molecule has 2 aromatic heterocycles. The first-order chi connectivity index (χ1) is 13.6. The number of hydrogen-bond acceptors (Lipinski definition) is 9. The summed E-state index contributed by atoms with van der Waals surface area (Å²) in [5.41, 5.74) is 13.5. The highest BCUT2D eigenvalue weighted by atomic mass is 32.2. The maximum atomic E-state index is 5.97. The van der Waals surface area contributed by atoms with Gasteiger partial charge in [0.25, 0.3) is 0 Å². The van der Waals surface area contributed by atoms with E-state index >= 15 is 0 Å². The van der Waals surface area contributed by atoms with Gasteiger partial charge >= 0.3 is 0 Å². The van der Waals surface area contributed by atoms with Gasteiger partial charge in [-0.2, -0.15) is 4.98 Å². The summed E-state index contributed by atoms with van der Waals surface area (Å²) < 4.78 is 0.906. The van der Waals surface area contributed by atoms with Gasteiger partial charge in [-0.1, -0.05) is 30.0 Å². The largest absolute Gasteiger partial charge is 0.383 e. The van der Waals surface area contributed by atoms with Crippen LogP contribution in [0.2, 0.25) is 0 Å². The normalized spacial score (nSPS) is 14.4. The number of benzene rings is 1. The predicted molar refractivity (Wildman–Crippen MR) is 118 cm³/mol. The molecule has 28 heavy (non-hydrogen) atoms. The Bertz CT molecular complexity index is 990. The van der Waals surface area contributed by atoms with Gasteiger partial charge in [-0.05, 0) is 23.8 Å². The van der Waals surface area contributed by atoms with E-state index in [4.69, 9.17) is 23.7 Å². The Hall–Kier alpha value is -2.72. The van der Waals surface area contributed by atoms with Crippen LogP contribution in [0.1, 0.15) is 5.56 Å². The van der Waals surface area contributed by atoms with Crippen molar-refractivity contribution in [2.45, 2.75) is 5.75 Å². The van der Waals surface area contributed by atoms with Crippen molar-refractivity contribution in [2.24, 2.45) is 0 Å². The first-order valence-corrected chi connectivity index (χ1v) is 10.2. The average Bonchev–Trinajstić information content (AvgIpc) is 2.73. The Morgan fingerprint density at radius 2 is 1.93 bits per heavy atom. The van der Waals surface area contributed by atoms with Crippen LogP contribution in [0.3, 0.4) is 0 Å². The Kier molecular flexibility index (Phi) is 5.40. The van der Waals surface area contributed by atoms with Crippen LogP contribution >= 0.6 is 24.0 Å². The van der Waals surface area contributed by atoms with E-state index < -0.39 is 0 Å². The number of thioether (sulfide) groups is 1. The van der Waals surface area contributed by atoms with Crippen LogP contribution in [-0.4, -0.2) is 55.3 Å². The number of aromatic nitrogens is 4. The standard InChI is InChI=1S/C18H20N8S2/c19-16-13-9-12(1-2-14(13)23-17(20)24-16)10-28-18(27)26-7-5-25(6-8-26)15-3-4-21-11-22-15/h1-4,9,11H,5-8,10H2,(H4,19,20,23,24). The topological polar surface area (TPSA) is 110 Å². The second-order valence-corrected chi connectivity index (χ2v) is 8.02. The molecule has 0 atom stereocenters. The lowest BCUT2D eigenvalue weighted by Gasteiger charge is -2.36. The lowest BCUT2D eigenvalue weighted by molar-refractivity contribution is 0.396. The van der Waals surface area contributed by atoms with E-state index in [0.29, 0.717) is 5.82 Å². The zero-order chi connectivity index (χ0) is 19.5. The number of piperazine rings is 1. The lowest BCUT2D eigenvalue weighted by Crippen LogP contribution is -2.47. The number of fused-ring (bicyclic) bond motifs is 1. The maximum Gasteiger partial charge on any atom is 0.222 e. The van der Waals surface area contributed by atoms with Gasteiger partial charge in [-0.25, -0.2) is 15.0 Å². The van der Waals surface area contributed by atoms with Crippen LogP contribution in [0.15, 0.2) is 36.8 Å². The molecular weight excluding hydrogens is 392 g/mol. The van der Waals surface area contributed by atoms with Crippen molar-refractivity contribution in [1.82, 2.24) is 24.8 Å². The summed E-state index contributed by atoms with van der Waals surface area (Å²) >= 11 is 7.30. The zero-order valence-electron chi connectivity index (χ0n) is 15.2. The van der Waals surface area contributed by atoms with Crippen LogP contribution in [0, 0.1) is 0 Å². The minimum absolute atomic E-state index is 0.189. The Balaban J connectivity index is 1.34. The number of hydrogen-bond donors (Lipinski definition) is 2. The van der Waals surface area contributed by atoms with Gasteiger partial charge in [-0.3, -0.25) is 0 Å². The summed E-state index contributed by atoms with van der Waals surface area (Å²) in [5.74, 6) is 2.32. The first-order valence-electron chi connectivity index (χ1n) is 8.84. The summed E-state index contributed by atoms with van der Waals surface area (Å²) in [6.07, 6.45) is 3.35. The number of nitrogen functional groups attached to an aromatic ring is 2. The van der Waals surface area contributed by atoms with E-state index in [9.17, 15) is 0 Å². The summed E-state index contributed by atoms with van der Waals surface area (Å²) in [6.45, 7) is 3.55. The van der Waals surface area contributed by atoms with Gasteiger partial charge in [0, 0.05) is 43.5 Å². The van der Waals surface area contributed by atoms with Crippen molar-refractivity contribution in [3.63, 3.8) is 0 Å². The van der Waals surface area contributed by atoms with E-state index in [1.165, 1.54) is 0 Å². The SMILES string of the molecule is Nc1nc(N)c2cc(CSC(=S)N3CCN(c4ccncn4)CC3)ccc2n1. The van der Waals surface area contributed by atoms with Crippen LogP contribution in [0.25, 0.3) is 10.9 Å². The van der Waals surface area contributed by atoms with Crippen molar-refractivity contribution in [2.75, 3.05) is 42.5 Å². The number of rotatable bonds is 3. The molecule has 10 heteroatoms. The Labute approximate surface area is 172 Å². The van der Waals surface area contributed by atoms with E-state index in [1.54, 1.807) is 24.3 Å². The smallest absolute Gasteiger partial charge is 0.222 e. The highest BCUT2D eigenvalue weighted by molar-refractivity contribution is 8.22. The van der Waals surface area contributed by atoms with E-state index in [2.05, 4.69) is 29.7 Å². The molecule has 1 aliphatic heterocycles. The van der Waals surface area contributed by atoms with Crippen LogP contribution in [-0.2, 0) is 5.75 Å². The van der Waals surface area contributed by atoms with Crippen molar-refractivity contribution in [3.8, 4) is 0 Å². The molecule has 1 aliphatic rings. The van der Waals surface area contributed by atoms with Gasteiger partial charge in [0.1, 0.15) is 22.3 Å². The minimum atomic E-state index is 0.189. The van der Waals surface area contributed by atoms with Crippen LogP contribution < -0.4 is 16.4 Å². The number of anilines is 3. The van der Waals surface area contributed by atoms with Crippen LogP contribution in [0.4, 0.5) is 17.6 Å². The summed E-state index contributed by atoms with van der Waals surface area (Å²) in [7, 11) is 0. The molecule has 0 radical (unpaired) electrons. The third kappa shape index (κ3) is 4.07. The second-order valence-electron chi connectivity index (χ2n) is 6.41. The molecule has 8 nitrogen and oxygen atoms in total. The molecule has 1 aromatic carbocycles. The number of nitrogens with zero attached hydrogens (tertiary/aromatic N) is 6. The first kappa shape index (κ1) is 18.6. The fourth-order valence-corrected chi connectivity index (χ4v) is 4.33. The van der Waals surface area contributed by atoms with Crippen molar-refractivity contribution >= 4 is 56.8 Å². The molecule has 3 aromatic rings. The van der Waals surface area contributed by atoms with E-state index in [-0.39, 0.29) is 5.95 Å². The monoisotopic (exact) mass is 412 g/mol. The molecule has 4 N–H and O–H groups in total. The Morgan fingerprint density at radius 3 is 2.68 bits per heavy atom. The van der Waals surface area contributed by atoms with Crippen LogP contribution in [0.5, 0.6) is 0 Å². The predicted octanol–water partition coefficient (Wildman–Crippen LogP) is 1.92. The van der Waals surface area contributed by atoms with Gasteiger partial charge in [-0.15, -0.1) is 0 Å². The molecule has 0 amide bonds. The highest BCUT2D eigenvalue weighted by Crippen LogP contribution is 2.24. The van der Waals surface area contributed by atoms with E-state index in [0.717, 1.165) is 58.5 Å². The summed E-state index contributed by atoms with van der Waals surface area (Å²) in [6, 6.07) is 7.89. The number of thiocarbonyl (C=S) groups is 1. The van der Waals surface area contributed by atoms with Gasteiger partial charge in [0.2, 0.25) is 5.95 Å². The summed E-state index contributed by atoms with van der Waals surface area (Å²) in [4.78, 5) is 21.0. The highest BCUT2D eigenvalue weighted by Gasteiger charge is 2.20. The number of nitrogens with two attached hydrogens (primary N) is 2. The van der Waals surface area contributed by atoms with Crippen molar-refractivity contribution < 1.29 is 0 Å². The molecule has 144 valence electrons. The lowest BCUT2D eigenvalue weighted by atomic mass is 10.1. The fourth-order valence-electron chi connectivity index (χ4n) is 3.13. The summed E-state index contributed by atoms with van der Waals surface area (Å²) in [5, 5.41) is 0.816. The molecule has 0 spiro atoms. The molecule has 0 aliphatic carbocycles. The fraction of sp³-hybridized carbons (Fsp3) is 0.278. The van der Waals surface area contributed by atoms with Crippen molar-refractivity contribution in [1.29, 1.82) is 0 Å². The van der Waals surface area contributed by atoms with Gasteiger partial charge in [0.05, 0.1) is 5.52 Å². The van der Waals surface area contributed by atoms with Crippen molar-refractivity contribution in [3.05, 3.63) is 42.4 Å². The minimum Gasteiger partial charge on any atom is -0.383 e. The molecule has 1 saturated heterocycles. The maximum absolute atomic E-state index is 5.97. The third-order valence-electron chi connectivity index (χ3n) is 4.60. The zero-order valence-corrected chi connectivity index (χ0v) is 16.8. The van der Waals surface area contributed by atoms with E-state index in [1.807, 2.05) is 24.3 Å².